The van der Waals surface area contributed by atoms with E-state index in [1.165, 1.54) is 24.3 Å². The standard InChI is InChI=1S/C36H41ClF3N9O8/c1-33(2,3)57-32(55)49-34(13-14-34)18-42-27(52)26(51)41-17-12-24(28(53)54)44-25(50)20-4-10-23(11-5-20)43-29-45-30(47-31(46-29)56-19-36(38,39)40)48-35(15-16-35)21-6-8-22(37)9-7-21/h4-11,24H,12-19H2,1-3H3,(H,41,51)(H,42,52)(H,44,50)(H,49,55)(H,53,54)(H2,43,45,46,47,48)/t24-/m0/s1. The topological polar surface area (TPSA) is 235 Å². The van der Waals surface area contributed by atoms with Crippen molar-refractivity contribution in [2.45, 2.75) is 81.8 Å². The SMILES string of the molecule is CC(C)(C)OC(=O)NC1(CNC(=O)C(=O)NCC[C@H](NC(=O)c2ccc(Nc3nc(NC4(c5ccc(Cl)cc5)CC4)nc(OCC(F)(F)F)n3)cc2)C(=O)O)CC1. The number of ether oxygens (including phenoxy) is 2. The van der Waals surface area contributed by atoms with Crippen molar-refractivity contribution in [3.05, 3.63) is 64.7 Å². The van der Waals surface area contributed by atoms with Crippen LogP contribution in [0.2, 0.25) is 5.02 Å². The van der Waals surface area contributed by atoms with Gasteiger partial charge in [0.25, 0.3) is 5.91 Å². The maximum Gasteiger partial charge on any atom is 0.422 e. The number of alkyl carbamates (subject to hydrolysis) is 1. The lowest BCUT2D eigenvalue weighted by atomic mass is 10.1. The summed E-state index contributed by atoms with van der Waals surface area (Å²) in [4.78, 5) is 73.9. The van der Waals surface area contributed by atoms with Crippen LogP contribution < -0.4 is 36.6 Å². The molecule has 3 aromatic rings. The van der Waals surface area contributed by atoms with E-state index in [0.717, 1.165) is 5.56 Å². The van der Waals surface area contributed by atoms with E-state index in [2.05, 4.69) is 46.9 Å². The molecule has 1 heterocycles. The number of carbonyl (C=O) groups excluding carboxylic acids is 4. The van der Waals surface area contributed by atoms with Gasteiger partial charge in [0.05, 0.1) is 11.1 Å². The molecule has 1 atom stereocenters. The van der Waals surface area contributed by atoms with Gasteiger partial charge in [-0.1, -0.05) is 23.7 Å². The number of nitrogens with one attached hydrogen (secondary N) is 6. The fourth-order valence-corrected chi connectivity index (χ4v) is 5.49. The summed E-state index contributed by atoms with van der Waals surface area (Å²) >= 11 is 6.02. The fraction of sp³-hybridized carbons (Fsp3) is 0.444. The van der Waals surface area contributed by atoms with E-state index in [-0.39, 0.29) is 37.0 Å². The Morgan fingerprint density at radius 3 is 2.09 bits per heavy atom. The Kier molecular flexibility index (Phi) is 12.6. The van der Waals surface area contributed by atoms with Crippen molar-refractivity contribution in [2.75, 3.05) is 30.3 Å². The molecule has 7 N–H and O–H groups in total. The van der Waals surface area contributed by atoms with Crippen LogP contribution in [0.25, 0.3) is 0 Å². The van der Waals surface area contributed by atoms with Gasteiger partial charge in [0, 0.05) is 29.4 Å². The van der Waals surface area contributed by atoms with Gasteiger partial charge < -0.3 is 46.5 Å². The summed E-state index contributed by atoms with van der Waals surface area (Å²) in [7, 11) is 0. The third-order valence-electron chi connectivity index (χ3n) is 8.62. The van der Waals surface area contributed by atoms with E-state index in [9.17, 15) is 42.3 Å². The molecule has 1 aromatic heterocycles. The highest BCUT2D eigenvalue weighted by Gasteiger charge is 2.46. The molecule has 306 valence electrons. The fourth-order valence-electron chi connectivity index (χ4n) is 5.36. The first-order valence-electron chi connectivity index (χ1n) is 17.7. The summed E-state index contributed by atoms with van der Waals surface area (Å²) in [6.07, 6.45) is -3.04. The van der Waals surface area contributed by atoms with Crippen LogP contribution >= 0.6 is 11.6 Å². The number of alkyl halides is 3. The summed E-state index contributed by atoms with van der Waals surface area (Å²) in [5.74, 6) is -4.40. The number of rotatable bonds is 16. The molecule has 0 spiro atoms. The van der Waals surface area contributed by atoms with Crippen molar-refractivity contribution in [1.29, 1.82) is 0 Å². The van der Waals surface area contributed by atoms with E-state index in [0.29, 0.717) is 36.4 Å². The van der Waals surface area contributed by atoms with Gasteiger partial charge in [-0.2, -0.15) is 28.1 Å². The van der Waals surface area contributed by atoms with Crippen LogP contribution in [0, 0.1) is 0 Å². The number of halogens is 4. The Bertz CT molecular complexity index is 1970. The molecule has 0 saturated heterocycles. The number of anilines is 3. The van der Waals surface area contributed by atoms with E-state index in [1.807, 2.05) is 12.1 Å². The van der Waals surface area contributed by atoms with E-state index >= 15 is 0 Å². The van der Waals surface area contributed by atoms with Gasteiger partial charge in [-0.05, 0) is 94.8 Å². The van der Waals surface area contributed by atoms with Gasteiger partial charge in [-0.3, -0.25) is 14.4 Å². The molecule has 4 amide bonds. The maximum absolute atomic E-state index is 12.9. The second kappa shape index (κ2) is 17.1. The number of hydrogen-bond acceptors (Lipinski definition) is 12. The molecule has 0 radical (unpaired) electrons. The first kappa shape index (κ1) is 42.2. The minimum atomic E-state index is -4.65. The van der Waals surface area contributed by atoms with Crippen LogP contribution in [-0.4, -0.2) is 92.9 Å². The second-order valence-electron chi connectivity index (χ2n) is 14.6. The predicted octanol–water partition coefficient (Wildman–Crippen LogP) is 4.17. The molecule has 57 heavy (non-hydrogen) atoms. The average molecular weight is 820 g/mol. The highest BCUT2D eigenvalue weighted by Crippen LogP contribution is 2.48. The molecule has 2 aliphatic carbocycles. The monoisotopic (exact) mass is 819 g/mol. The molecular formula is C36H41ClF3N9O8. The summed E-state index contributed by atoms with van der Waals surface area (Å²) in [6.45, 7) is 3.20. The number of nitrogens with zero attached hydrogens (tertiary/aromatic N) is 3. The van der Waals surface area contributed by atoms with Gasteiger partial charge in [0.15, 0.2) is 6.61 Å². The Balaban J connectivity index is 1.13. The number of aliphatic carboxylic acids is 1. The molecule has 0 aliphatic heterocycles. The maximum atomic E-state index is 12.9. The number of carboxylic acid groups (broad SMARTS) is 1. The summed E-state index contributed by atoms with van der Waals surface area (Å²) in [5.41, 5.74) is -0.773. The molecule has 17 nitrogen and oxygen atoms in total. The van der Waals surface area contributed by atoms with Crippen LogP contribution in [0.15, 0.2) is 48.5 Å². The van der Waals surface area contributed by atoms with Crippen LogP contribution in [0.5, 0.6) is 6.01 Å². The van der Waals surface area contributed by atoms with Gasteiger partial charge in [-0.15, -0.1) is 0 Å². The molecule has 0 bridgehead atoms. The molecule has 2 aromatic carbocycles. The Morgan fingerprint density at radius 2 is 1.51 bits per heavy atom. The van der Waals surface area contributed by atoms with Crippen LogP contribution in [0.4, 0.5) is 35.5 Å². The summed E-state index contributed by atoms with van der Waals surface area (Å²) in [5, 5.41) is 26.0. The first-order chi connectivity index (χ1) is 26.7. The van der Waals surface area contributed by atoms with Crippen molar-refractivity contribution in [3.8, 4) is 6.01 Å². The molecule has 2 fully saturated rings. The van der Waals surface area contributed by atoms with Gasteiger partial charge in [-0.25, -0.2) is 9.59 Å². The molecule has 2 aliphatic rings. The van der Waals surface area contributed by atoms with Crippen LogP contribution in [-0.2, 0) is 24.7 Å². The Hall–Kier alpha value is -5.92. The number of carbonyl (C=O) groups is 5. The smallest absolute Gasteiger partial charge is 0.422 e. The Labute approximate surface area is 329 Å². The third kappa shape index (κ3) is 12.8. The summed E-state index contributed by atoms with van der Waals surface area (Å²) < 4.78 is 48.9. The summed E-state index contributed by atoms with van der Waals surface area (Å²) in [6, 6.07) is 10.6. The highest BCUT2D eigenvalue weighted by atomic mass is 35.5. The van der Waals surface area contributed by atoms with E-state index < -0.39 is 71.3 Å². The average Bonchev–Trinajstić information content (AvgIpc) is 4.06. The number of aromatic nitrogens is 3. The predicted molar refractivity (Wildman–Crippen MR) is 198 cm³/mol. The van der Waals surface area contributed by atoms with Crippen molar-refractivity contribution in [1.82, 2.24) is 36.2 Å². The lowest BCUT2D eigenvalue weighted by Gasteiger charge is -2.23. The van der Waals surface area contributed by atoms with E-state index in [1.54, 1.807) is 32.9 Å². The largest absolute Gasteiger partial charge is 0.480 e. The van der Waals surface area contributed by atoms with Crippen molar-refractivity contribution < 1.29 is 51.7 Å². The number of amides is 4. The zero-order valence-corrected chi connectivity index (χ0v) is 31.8. The lowest BCUT2D eigenvalue weighted by molar-refractivity contribution is -0.154. The number of carboxylic acids is 1. The third-order valence-corrected chi connectivity index (χ3v) is 8.87. The van der Waals surface area contributed by atoms with Gasteiger partial charge in [0.2, 0.25) is 11.9 Å². The zero-order chi connectivity index (χ0) is 41.6. The first-order valence-corrected chi connectivity index (χ1v) is 18.1. The lowest BCUT2D eigenvalue weighted by Crippen LogP contribution is -2.50. The molecular weight excluding hydrogens is 779 g/mol. The van der Waals surface area contributed by atoms with Crippen LogP contribution in [0.1, 0.15) is 68.8 Å². The van der Waals surface area contributed by atoms with Crippen molar-refractivity contribution >= 4 is 59.0 Å². The molecule has 0 unspecified atom stereocenters. The van der Waals surface area contributed by atoms with Gasteiger partial charge >= 0.3 is 36.1 Å². The molecule has 2 saturated carbocycles. The minimum Gasteiger partial charge on any atom is -0.480 e. The highest BCUT2D eigenvalue weighted by molar-refractivity contribution is 6.35. The van der Waals surface area contributed by atoms with Gasteiger partial charge in [0.1, 0.15) is 11.6 Å². The normalized spacial score (nSPS) is 15.6. The molecule has 5 rings (SSSR count). The minimum absolute atomic E-state index is 0.0163. The van der Waals surface area contributed by atoms with Crippen LogP contribution in [0.3, 0.4) is 0 Å². The number of hydrogen-bond donors (Lipinski definition) is 7. The number of benzene rings is 2. The quantitative estimate of drug-likeness (QED) is 0.101. The Morgan fingerprint density at radius 1 is 0.877 bits per heavy atom. The second-order valence-corrected chi connectivity index (χ2v) is 15.0. The molecule has 21 heteroatoms. The van der Waals surface area contributed by atoms with Crippen molar-refractivity contribution in [3.63, 3.8) is 0 Å². The zero-order valence-electron chi connectivity index (χ0n) is 31.0. The van der Waals surface area contributed by atoms with E-state index in [4.69, 9.17) is 21.1 Å². The van der Waals surface area contributed by atoms with Crippen molar-refractivity contribution in [2.24, 2.45) is 0 Å².